The second-order valence-electron chi connectivity index (χ2n) is 6.22. The molecule has 0 saturated carbocycles. The van der Waals surface area contributed by atoms with E-state index in [4.69, 9.17) is 0 Å². The standard InChI is InChI=1S/C17H21N3/c1-13-19(14-9-6-5-7-10-14)15-11-8-12-18-16(15)20(13)17(2,3)4/h5-13H,1-4H3. The minimum absolute atomic E-state index is 0.0338. The Kier molecular flexibility index (Phi) is 2.93. The van der Waals surface area contributed by atoms with Crippen molar-refractivity contribution >= 4 is 17.2 Å². The molecule has 0 spiro atoms. The maximum atomic E-state index is 4.62. The summed E-state index contributed by atoms with van der Waals surface area (Å²) >= 11 is 0. The molecule has 0 radical (unpaired) electrons. The molecule has 0 saturated heterocycles. The van der Waals surface area contributed by atoms with Gasteiger partial charge in [0.05, 0.1) is 5.69 Å². The number of hydrogen-bond donors (Lipinski definition) is 0. The van der Waals surface area contributed by atoms with Gasteiger partial charge in [-0.05, 0) is 52.0 Å². The van der Waals surface area contributed by atoms with E-state index in [0.29, 0.717) is 0 Å². The maximum Gasteiger partial charge on any atom is 0.154 e. The SMILES string of the molecule is CC1N(c2ccccc2)c2cccnc2N1C(C)(C)C. The van der Waals surface area contributed by atoms with Gasteiger partial charge in [-0.15, -0.1) is 0 Å². The Morgan fingerprint density at radius 1 is 1.00 bits per heavy atom. The van der Waals surface area contributed by atoms with Crippen LogP contribution in [0.1, 0.15) is 27.7 Å². The lowest BCUT2D eigenvalue weighted by molar-refractivity contribution is 0.465. The number of rotatable bonds is 1. The number of fused-ring (bicyclic) bond motifs is 1. The Morgan fingerprint density at radius 2 is 1.70 bits per heavy atom. The third-order valence-electron chi connectivity index (χ3n) is 3.76. The highest BCUT2D eigenvalue weighted by Crippen LogP contribution is 2.45. The molecular formula is C17H21N3. The summed E-state index contributed by atoms with van der Waals surface area (Å²) in [5, 5.41) is 0. The van der Waals surface area contributed by atoms with Gasteiger partial charge in [-0.25, -0.2) is 4.98 Å². The number of aromatic nitrogens is 1. The number of benzene rings is 1. The Labute approximate surface area is 120 Å². The minimum atomic E-state index is 0.0338. The summed E-state index contributed by atoms with van der Waals surface area (Å²) in [5.74, 6) is 1.07. The van der Waals surface area contributed by atoms with Crippen molar-refractivity contribution in [1.82, 2.24) is 4.98 Å². The largest absolute Gasteiger partial charge is 0.329 e. The minimum Gasteiger partial charge on any atom is -0.329 e. The lowest BCUT2D eigenvalue weighted by atomic mass is 10.1. The highest BCUT2D eigenvalue weighted by atomic mass is 15.5. The summed E-state index contributed by atoms with van der Waals surface area (Å²) in [7, 11) is 0. The monoisotopic (exact) mass is 267 g/mol. The zero-order valence-electron chi connectivity index (χ0n) is 12.5. The quantitative estimate of drug-likeness (QED) is 0.772. The second kappa shape index (κ2) is 4.51. The lowest BCUT2D eigenvalue weighted by Crippen LogP contribution is -2.49. The maximum absolute atomic E-state index is 4.62. The van der Waals surface area contributed by atoms with Crippen LogP contribution in [0.15, 0.2) is 48.7 Å². The Hall–Kier alpha value is -2.03. The molecule has 1 aliphatic rings. The molecular weight excluding hydrogens is 246 g/mol. The number of para-hydroxylation sites is 1. The smallest absolute Gasteiger partial charge is 0.154 e. The van der Waals surface area contributed by atoms with E-state index < -0.39 is 0 Å². The van der Waals surface area contributed by atoms with Gasteiger partial charge in [0.2, 0.25) is 0 Å². The Balaban J connectivity index is 2.14. The molecule has 1 aromatic carbocycles. The average Bonchev–Trinajstić information content (AvgIpc) is 2.71. The van der Waals surface area contributed by atoms with E-state index in [1.54, 1.807) is 0 Å². The van der Waals surface area contributed by atoms with E-state index >= 15 is 0 Å². The van der Waals surface area contributed by atoms with E-state index in [2.05, 4.69) is 78.9 Å². The zero-order chi connectivity index (χ0) is 14.3. The number of hydrogen-bond acceptors (Lipinski definition) is 3. The Bertz CT molecular complexity index is 601. The molecule has 1 atom stereocenters. The molecule has 2 aromatic rings. The van der Waals surface area contributed by atoms with Crippen LogP contribution in [0.3, 0.4) is 0 Å². The van der Waals surface area contributed by atoms with Crippen molar-refractivity contribution in [3.63, 3.8) is 0 Å². The van der Waals surface area contributed by atoms with Gasteiger partial charge >= 0.3 is 0 Å². The molecule has 0 aliphatic carbocycles. The summed E-state index contributed by atoms with van der Waals surface area (Å²) in [6.07, 6.45) is 2.13. The molecule has 0 bridgehead atoms. The van der Waals surface area contributed by atoms with Gasteiger partial charge in [0.25, 0.3) is 0 Å². The van der Waals surface area contributed by atoms with E-state index in [9.17, 15) is 0 Å². The van der Waals surface area contributed by atoms with Gasteiger partial charge in [-0.1, -0.05) is 18.2 Å². The van der Waals surface area contributed by atoms with E-state index in [1.165, 1.54) is 11.4 Å². The fourth-order valence-electron chi connectivity index (χ4n) is 3.08. The highest BCUT2D eigenvalue weighted by Gasteiger charge is 2.40. The molecule has 3 rings (SSSR count). The highest BCUT2D eigenvalue weighted by molar-refractivity contribution is 5.81. The van der Waals surface area contributed by atoms with Crippen LogP contribution in [-0.4, -0.2) is 16.7 Å². The fraction of sp³-hybridized carbons (Fsp3) is 0.353. The molecule has 2 heterocycles. The first-order valence-corrected chi connectivity index (χ1v) is 7.09. The number of nitrogens with zero attached hydrogens (tertiary/aromatic N) is 3. The van der Waals surface area contributed by atoms with Crippen LogP contribution in [-0.2, 0) is 0 Å². The summed E-state index contributed by atoms with van der Waals surface area (Å²) in [4.78, 5) is 9.36. The van der Waals surface area contributed by atoms with Crippen molar-refractivity contribution in [2.45, 2.75) is 39.4 Å². The van der Waals surface area contributed by atoms with Crippen molar-refractivity contribution in [2.75, 3.05) is 9.80 Å². The first-order chi connectivity index (χ1) is 9.50. The molecule has 20 heavy (non-hydrogen) atoms. The van der Waals surface area contributed by atoms with Crippen molar-refractivity contribution in [3.05, 3.63) is 48.7 Å². The predicted molar refractivity (Wildman–Crippen MR) is 84.5 cm³/mol. The van der Waals surface area contributed by atoms with Crippen LogP contribution in [0.2, 0.25) is 0 Å². The molecule has 3 nitrogen and oxygen atoms in total. The van der Waals surface area contributed by atoms with Gasteiger partial charge in [0.1, 0.15) is 6.17 Å². The molecule has 1 unspecified atom stereocenters. The van der Waals surface area contributed by atoms with Gasteiger partial charge in [0.15, 0.2) is 5.82 Å². The third-order valence-corrected chi connectivity index (χ3v) is 3.76. The molecule has 0 fully saturated rings. The topological polar surface area (TPSA) is 19.4 Å². The second-order valence-corrected chi connectivity index (χ2v) is 6.22. The summed E-state index contributed by atoms with van der Waals surface area (Å²) < 4.78 is 0. The normalized spacial score (nSPS) is 18.3. The number of pyridine rings is 1. The molecule has 3 heteroatoms. The average molecular weight is 267 g/mol. The van der Waals surface area contributed by atoms with Crippen LogP contribution in [0.25, 0.3) is 0 Å². The molecule has 1 aromatic heterocycles. The first-order valence-electron chi connectivity index (χ1n) is 7.09. The van der Waals surface area contributed by atoms with Gasteiger partial charge in [-0.3, -0.25) is 0 Å². The van der Waals surface area contributed by atoms with Crippen LogP contribution >= 0.6 is 0 Å². The van der Waals surface area contributed by atoms with Crippen molar-refractivity contribution in [3.8, 4) is 0 Å². The zero-order valence-corrected chi connectivity index (χ0v) is 12.5. The molecule has 0 amide bonds. The third kappa shape index (κ3) is 1.94. The first kappa shape index (κ1) is 13.0. The van der Waals surface area contributed by atoms with E-state index in [0.717, 1.165) is 5.82 Å². The van der Waals surface area contributed by atoms with Gasteiger partial charge in [0, 0.05) is 17.4 Å². The fourth-order valence-corrected chi connectivity index (χ4v) is 3.08. The van der Waals surface area contributed by atoms with Crippen molar-refractivity contribution in [1.29, 1.82) is 0 Å². The van der Waals surface area contributed by atoms with Crippen LogP contribution in [0.4, 0.5) is 17.2 Å². The summed E-state index contributed by atoms with van der Waals surface area (Å²) in [6.45, 7) is 8.93. The lowest BCUT2D eigenvalue weighted by Gasteiger charge is -2.39. The van der Waals surface area contributed by atoms with E-state index in [-0.39, 0.29) is 11.7 Å². The van der Waals surface area contributed by atoms with Crippen LogP contribution in [0.5, 0.6) is 0 Å². The molecule has 1 aliphatic heterocycles. The van der Waals surface area contributed by atoms with E-state index in [1.807, 2.05) is 12.3 Å². The van der Waals surface area contributed by atoms with Gasteiger partial charge < -0.3 is 9.80 Å². The predicted octanol–water partition coefficient (Wildman–Crippen LogP) is 4.18. The van der Waals surface area contributed by atoms with Crippen molar-refractivity contribution < 1.29 is 0 Å². The number of anilines is 3. The summed E-state index contributed by atoms with van der Waals surface area (Å²) in [6, 6.07) is 14.7. The molecule has 0 N–H and O–H groups in total. The molecule has 104 valence electrons. The van der Waals surface area contributed by atoms with Gasteiger partial charge in [-0.2, -0.15) is 0 Å². The van der Waals surface area contributed by atoms with Crippen molar-refractivity contribution in [2.24, 2.45) is 0 Å². The van der Waals surface area contributed by atoms with Crippen LogP contribution < -0.4 is 9.80 Å². The summed E-state index contributed by atoms with van der Waals surface area (Å²) in [5.41, 5.74) is 2.42. The Morgan fingerprint density at radius 3 is 2.35 bits per heavy atom. The van der Waals surface area contributed by atoms with Crippen LogP contribution in [0, 0.1) is 0 Å².